The zero-order chi connectivity index (χ0) is 11.2. The Labute approximate surface area is 88.0 Å². The van der Waals surface area contributed by atoms with Crippen LogP contribution in [-0.4, -0.2) is 23.4 Å². The SMILES string of the molecule is C=CC(C)(O)CCCC(C)(CC)OC. The van der Waals surface area contributed by atoms with Crippen molar-refractivity contribution in [2.75, 3.05) is 7.11 Å². The summed E-state index contributed by atoms with van der Waals surface area (Å²) in [6, 6.07) is 0. The quantitative estimate of drug-likeness (QED) is 0.640. The van der Waals surface area contributed by atoms with Crippen LogP contribution in [0.2, 0.25) is 0 Å². The molecule has 0 bridgehead atoms. The van der Waals surface area contributed by atoms with Gasteiger partial charge in [-0.05, 0) is 39.5 Å². The molecule has 2 unspecified atom stereocenters. The third kappa shape index (κ3) is 4.77. The predicted molar refractivity (Wildman–Crippen MR) is 60.4 cm³/mol. The molecule has 0 rings (SSSR count). The topological polar surface area (TPSA) is 29.5 Å². The highest BCUT2D eigenvalue weighted by Crippen LogP contribution is 2.24. The Morgan fingerprint density at radius 1 is 1.36 bits per heavy atom. The Bertz CT molecular complexity index is 169. The zero-order valence-electron chi connectivity index (χ0n) is 9.97. The van der Waals surface area contributed by atoms with Crippen molar-refractivity contribution in [3.63, 3.8) is 0 Å². The molecule has 0 amide bonds. The van der Waals surface area contributed by atoms with Crippen LogP contribution in [0, 0.1) is 0 Å². The summed E-state index contributed by atoms with van der Waals surface area (Å²) in [4.78, 5) is 0. The fraction of sp³-hybridized carbons (Fsp3) is 0.833. The van der Waals surface area contributed by atoms with E-state index in [-0.39, 0.29) is 5.60 Å². The van der Waals surface area contributed by atoms with Crippen LogP contribution in [-0.2, 0) is 4.74 Å². The number of methoxy groups -OCH3 is 1. The van der Waals surface area contributed by atoms with E-state index in [0.29, 0.717) is 0 Å². The van der Waals surface area contributed by atoms with E-state index in [1.54, 1.807) is 20.1 Å². The lowest BCUT2D eigenvalue weighted by Gasteiger charge is -2.28. The Balaban J connectivity index is 3.89. The maximum Gasteiger partial charge on any atom is 0.0797 e. The predicted octanol–water partition coefficient (Wildman–Crippen LogP) is 2.91. The van der Waals surface area contributed by atoms with Crippen molar-refractivity contribution in [1.82, 2.24) is 0 Å². The van der Waals surface area contributed by atoms with E-state index in [1.165, 1.54) is 0 Å². The minimum Gasteiger partial charge on any atom is -0.386 e. The number of aliphatic hydroxyl groups is 1. The third-order valence-electron chi connectivity index (χ3n) is 3.07. The van der Waals surface area contributed by atoms with Gasteiger partial charge < -0.3 is 9.84 Å². The molecule has 0 aromatic carbocycles. The van der Waals surface area contributed by atoms with Crippen molar-refractivity contribution < 1.29 is 9.84 Å². The molecule has 14 heavy (non-hydrogen) atoms. The second-order valence-corrected chi connectivity index (χ2v) is 4.42. The zero-order valence-corrected chi connectivity index (χ0v) is 9.97. The Morgan fingerprint density at radius 3 is 2.29 bits per heavy atom. The second kappa shape index (κ2) is 5.52. The summed E-state index contributed by atoms with van der Waals surface area (Å²) in [5.41, 5.74) is -0.778. The van der Waals surface area contributed by atoms with E-state index in [0.717, 1.165) is 25.7 Å². The first kappa shape index (κ1) is 13.7. The van der Waals surface area contributed by atoms with E-state index < -0.39 is 5.60 Å². The van der Waals surface area contributed by atoms with Gasteiger partial charge in [0.15, 0.2) is 0 Å². The summed E-state index contributed by atoms with van der Waals surface area (Å²) >= 11 is 0. The third-order valence-corrected chi connectivity index (χ3v) is 3.07. The van der Waals surface area contributed by atoms with Crippen molar-refractivity contribution in [2.24, 2.45) is 0 Å². The maximum atomic E-state index is 9.71. The molecule has 84 valence electrons. The molecule has 0 aliphatic carbocycles. The van der Waals surface area contributed by atoms with Gasteiger partial charge in [0.1, 0.15) is 0 Å². The van der Waals surface area contributed by atoms with Gasteiger partial charge in [-0.25, -0.2) is 0 Å². The molecule has 0 fully saturated rings. The molecule has 0 aromatic rings. The number of rotatable bonds is 7. The van der Waals surface area contributed by atoms with Gasteiger partial charge in [-0.1, -0.05) is 13.0 Å². The average molecular weight is 200 g/mol. The van der Waals surface area contributed by atoms with Gasteiger partial charge in [0, 0.05) is 7.11 Å². The van der Waals surface area contributed by atoms with Crippen LogP contribution in [0.5, 0.6) is 0 Å². The Kier molecular flexibility index (Phi) is 5.38. The second-order valence-electron chi connectivity index (χ2n) is 4.42. The molecule has 0 saturated carbocycles. The summed E-state index contributed by atoms with van der Waals surface area (Å²) in [6.07, 6.45) is 5.28. The summed E-state index contributed by atoms with van der Waals surface area (Å²) in [6.45, 7) is 9.62. The van der Waals surface area contributed by atoms with Gasteiger partial charge in [-0.3, -0.25) is 0 Å². The number of hydrogen-bond donors (Lipinski definition) is 1. The van der Waals surface area contributed by atoms with E-state index in [9.17, 15) is 5.11 Å². The van der Waals surface area contributed by atoms with Gasteiger partial charge in [0.2, 0.25) is 0 Å². The minimum absolute atomic E-state index is 0.0444. The largest absolute Gasteiger partial charge is 0.386 e. The summed E-state index contributed by atoms with van der Waals surface area (Å²) in [5.74, 6) is 0. The van der Waals surface area contributed by atoms with Crippen LogP contribution in [0.1, 0.15) is 46.5 Å². The molecule has 2 nitrogen and oxygen atoms in total. The van der Waals surface area contributed by atoms with E-state index in [1.807, 2.05) is 0 Å². The average Bonchev–Trinajstić information content (AvgIpc) is 2.17. The van der Waals surface area contributed by atoms with Crippen molar-refractivity contribution in [3.05, 3.63) is 12.7 Å². The highest BCUT2D eigenvalue weighted by molar-refractivity contribution is 4.91. The van der Waals surface area contributed by atoms with Crippen LogP contribution < -0.4 is 0 Å². The molecule has 0 radical (unpaired) electrons. The van der Waals surface area contributed by atoms with Crippen LogP contribution >= 0.6 is 0 Å². The molecule has 0 aliphatic rings. The molecule has 0 aromatic heterocycles. The van der Waals surface area contributed by atoms with Gasteiger partial charge >= 0.3 is 0 Å². The van der Waals surface area contributed by atoms with E-state index in [2.05, 4.69) is 20.4 Å². The Hall–Kier alpha value is -0.340. The molecule has 0 saturated heterocycles. The first-order valence-corrected chi connectivity index (χ1v) is 5.30. The summed E-state index contributed by atoms with van der Waals surface area (Å²) < 4.78 is 5.43. The van der Waals surface area contributed by atoms with Crippen molar-refractivity contribution in [3.8, 4) is 0 Å². The Morgan fingerprint density at radius 2 is 1.93 bits per heavy atom. The monoisotopic (exact) mass is 200 g/mol. The lowest BCUT2D eigenvalue weighted by Crippen LogP contribution is -2.28. The first-order valence-electron chi connectivity index (χ1n) is 5.30. The minimum atomic E-state index is -0.734. The van der Waals surface area contributed by atoms with Gasteiger partial charge in [0.25, 0.3) is 0 Å². The molecule has 1 N–H and O–H groups in total. The lowest BCUT2D eigenvalue weighted by molar-refractivity contribution is -0.0106. The van der Waals surface area contributed by atoms with Crippen molar-refractivity contribution in [1.29, 1.82) is 0 Å². The van der Waals surface area contributed by atoms with Crippen LogP contribution in [0.25, 0.3) is 0 Å². The molecular formula is C12H24O2. The summed E-state index contributed by atoms with van der Waals surface area (Å²) in [7, 11) is 1.75. The van der Waals surface area contributed by atoms with Crippen molar-refractivity contribution in [2.45, 2.75) is 57.7 Å². The molecular weight excluding hydrogens is 176 g/mol. The van der Waals surface area contributed by atoms with E-state index >= 15 is 0 Å². The lowest BCUT2D eigenvalue weighted by atomic mass is 9.91. The fourth-order valence-electron chi connectivity index (χ4n) is 1.35. The normalized spacial score (nSPS) is 19.8. The maximum absolute atomic E-state index is 9.71. The smallest absolute Gasteiger partial charge is 0.0797 e. The molecule has 2 atom stereocenters. The van der Waals surface area contributed by atoms with E-state index in [4.69, 9.17) is 4.74 Å². The van der Waals surface area contributed by atoms with Gasteiger partial charge in [0.05, 0.1) is 11.2 Å². The number of hydrogen-bond acceptors (Lipinski definition) is 2. The molecule has 2 heteroatoms. The summed E-state index contributed by atoms with van der Waals surface area (Å²) in [5, 5.41) is 9.71. The van der Waals surface area contributed by atoms with Crippen LogP contribution in [0.15, 0.2) is 12.7 Å². The first-order chi connectivity index (χ1) is 6.39. The standard InChI is InChI=1S/C12H24O2/c1-6-11(3,13)9-8-10-12(4,7-2)14-5/h6,13H,1,7-10H2,2-5H3. The molecule has 0 aliphatic heterocycles. The highest BCUT2D eigenvalue weighted by atomic mass is 16.5. The fourth-order valence-corrected chi connectivity index (χ4v) is 1.35. The van der Waals surface area contributed by atoms with Crippen LogP contribution in [0.4, 0.5) is 0 Å². The van der Waals surface area contributed by atoms with Gasteiger partial charge in [-0.2, -0.15) is 0 Å². The van der Waals surface area contributed by atoms with Crippen LogP contribution in [0.3, 0.4) is 0 Å². The molecule has 0 spiro atoms. The van der Waals surface area contributed by atoms with Crippen molar-refractivity contribution >= 4 is 0 Å². The molecule has 0 heterocycles. The number of ether oxygens (including phenoxy) is 1. The van der Waals surface area contributed by atoms with Gasteiger partial charge in [-0.15, -0.1) is 6.58 Å². The highest BCUT2D eigenvalue weighted by Gasteiger charge is 2.22.